The molecular formula is C18H27N5. The fourth-order valence-electron chi connectivity index (χ4n) is 4.56. The van der Waals surface area contributed by atoms with Crippen molar-refractivity contribution in [2.45, 2.75) is 39.5 Å². The molecule has 2 fully saturated rings. The van der Waals surface area contributed by atoms with Crippen molar-refractivity contribution in [2.24, 2.45) is 5.41 Å². The lowest BCUT2D eigenvalue weighted by Crippen LogP contribution is -2.52. The van der Waals surface area contributed by atoms with Crippen LogP contribution in [0.5, 0.6) is 0 Å². The van der Waals surface area contributed by atoms with Crippen LogP contribution in [-0.4, -0.2) is 52.2 Å². The highest BCUT2D eigenvalue weighted by Crippen LogP contribution is 2.39. The number of rotatable bonds is 2. The Kier molecular flexibility index (Phi) is 3.76. The Morgan fingerprint density at radius 1 is 1.17 bits per heavy atom. The highest BCUT2D eigenvalue weighted by Gasteiger charge is 2.39. The van der Waals surface area contributed by atoms with Gasteiger partial charge in [-0.25, -0.2) is 4.98 Å². The maximum Gasteiger partial charge on any atom is 0.157 e. The number of fused-ring (bicyclic) bond motifs is 1. The van der Waals surface area contributed by atoms with E-state index in [1.807, 2.05) is 16.8 Å². The molecule has 1 spiro atoms. The lowest BCUT2D eigenvalue weighted by atomic mass is 9.73. The molecule has 1 atom stereocenters. The molecular weight excluding hydrogens is 286 g/mol. The van der Waals surface area contributed by atoms with E-state index in [1.54, 1.807) is 0 Å². The number of aryl methyl sites for hydroxylation is 1. The monoisotopic (exact) mass is 313 g/mol. The molecule has 0 radical (unpaired) electrons. The van der Waals surface area contributed by atoms with Crippen LogP contribution in [-0.2, 0) is 0 Å². The van der Waals surface area contributed by atoms with E-state index in [9.17, 15) is 0 Å². The average molecular weight is 313 g/mol. The highest BCUT2D eigenvalue weighted by atomic mass is 15.3. The van der Waals surface area contributed by atoms with Gasteiger partial charge in [0.25, 0.3) is 0 Å². The predicted octanol–water partition coefficient (Wildman–Crippen LogP) is 2.74. The van der Waals surface area contributed by atoms with Crippen molar-refractivity contribution < 1.29 is 0 Å². The van der Waals surface area contributed by atoms with Crippen LogP contribution in [0.4, 0.5) is 5.82 Å². The van der Waals surface area contributed by atoms with E-state index in [1.165, 1.54) is 51.1 Å². The predicted molar refractivity (Wildman–Crippen MR) is 93.0 cm³/mol. The van der Waals surface area contributed by atoms with Gasteiger partial charge in [0.05, 0.1) is 6.20 Å². The quantitative estimate of drug-likeness (QED) is 0.854. The van der Waals surface area contributed by atoms with Crippen LogP contribution >= 0.6 is 0 Å². The van der Waals surface area contributed by atoms with Crippen molar-refractivity contribution in [3.63, 3.8) is 0 Å². The molecule has 0 N–H and O–H groups in total. The number of anilines is 1. The molecule has 124 valence electrons. The molecule has 0 saturated carbocycles. The summed E-state index contributed by atoms with van der Waals surface area (Å²) in [6.45, 7) is 10.4. The van der Waals surface area contributed by atoms with Crippen LogP contribution in [0.3, 0.4) is 0 Å². The molecule has 2 aliphatic heterocycles. The highest BCUT2D eigenvalue weighted by molar-refractivity contribution is 5.51. The van der Waals surface area contributed by atoms with E-state index in [0.29, 0.717) is 5.41 Å². The molecule has 2 aromatic rings. The first-order valence-corrected chi connectivity index (χ1v) is 8.98. The Hall–Kier alpha value is -1.62. The first-order valence-electron chi connectivity index (χ1n) is 8.98. The van der Waals surface area contributed by atoms with Crippen LogP contribution in [0.15, 0.2) is 18.3 Å². The molecule has 4 heterocycles. The van der Waals surface area contributed by atoms with E-state index in [2.05, 4.69) is 39.8 Å². The summed E-state index contributed by atoms with van der Waals surface area (Å²) in [5, 5.41) is 4.50. The summed E-state index contributed by atoms with van der Waals surface area (Å²) < 4.78 is 2.01. The molecule has 0 bridgehead atoms. The largest absolute Gasteiger partial charge is 0.356 e. The van der Waals surface area contributed by atoms with Crippen LogP contribution < -0.4 is 4.90 Å². The summed E-state index contributed by atoms with van der Waals surface area (Å²) in [6, 6.07) is 4.19. The van der Waals surface area contributed by atoms with Crippen LogP contribution in [0, 0.1) is 12.3 Å². The van der Waals surface area contributed by atoms with E-state index in [-0.39, 0.29) is 0 Å². The first kappa shape index (κ1) is 14.9. The van der Waals surface area contributed by atoms with Crippen LogP contribution in [0.2, 0.25) is 0 Å². The lowest BCUT2D eigenvalue weighted by Gasteiger charge is -2.49. The third-order valence-electron chi connectivity index (χ3n) is 5.64. The van der Waals surface area contributed by atoms with Gasteiger partial charge in [-0.15, -0.1) is 0 Å². The molecule has 5 nitrogen and oxygen atoms in total. The summed E-state index contributed by atoms with van der Waals surface area (Å²) in [6.07, 6.45) is 7.21. The smallest absolute Gasteiger partial charge is 0.157 e. The minimum absolute atomic E-state index is 0.461. The molecule has 2 aromatic heterocycles. The minimum Gasteiger partial charge on any atom is -0.356 e. The Bertz CT molecular complexity index is 690. The second-order valence-electron chi connectivity index (χ2n) is 7.35. The molecule has 5 heteroatoms. The molecule has 0 amide bonds. The molecule has 2 saturated heterocycles. The minimum atomic E-state index is 0.461. The summed E-state index contributed by atoms with van der Waals surface area (Å²) in [5.41, 5.74) is 2.49. The molecule has 0 aromatic carbocycles. The summed E-state index contributed by atoms with van der Waals surface area (Å²) in [7, 11) is 0. The van der Waals surface area contributed by atoms with E-state index in [0.717, 1.165) is 24.4 Å². The van der Waals surface area contributed by atoms with Crippen LogP contribution in [0.1, 0.15) is 38.3 Å². The van der Waals surface area contributed by atoms with Crippen LogP contribution in [0.25, 0.3) is 5.65 Å². The average Bonchev–Trinajstić information content (AvgIpc) is 3.02. The van der Waals surface area contributed by atoms with Crippen molar-refractivity contribution in [3.8, 4) is 0 Å². The SMILES string of the molecule is CCN1CCCC2(CCCN(c3cc(C)nc4ccnn34)C2)C1. The number of piperidine rings is 2. The van der Waals surface area contributed by atoms with Crippen molar-refractivity contribution in [1.29, 1.82) is 0 Å². The molecule has 1 unspecified atom stereocenters. The van der Waals surface area contributed by atoms with Gasteiger partial charge in [0.1, 0.15) is 5.82 Å². The Balaban J connectivity index is 1.65. The van der Waals surface area contributed by atoms with Gasteiger partial charge in [0, 0.05) is 42.9 Å². The van der Waals surface area contributed by atoms with Gasteiger partial charge in [-0.2, -0.15) is 9.61 Å². The Labute approximate surface area is 138 Å². The maximum absolute atomic E-state index is 4.59. The van der Waals surface area contributed by atoms with Crippen molar-refractivity contribution in [2.75, 3.05) is 37.6 Å². The molecule has 0 aliphatic carbocycles. The van der Waals surface area contributed by atoms with Crippen molar-refractivity contribution >= 4 is 11.5 Å². The fourth-order valence-corrected chi connectivity index (χ4v) is 4.56. The van der Waals surface area contributed by atoms with Gasteiger partial charge in [-0.05, 0) is 45.7 Å². The summed E-state index contributed by atoms with van der Waals surface area (Å²) in [4.78, 5) is 9.77. The zero-order valence-electron chi connectivity index (χ0n) is 14.3. The van der Waals surface area contributed by atoms with Gasteiger partial charge < -0.3 is 9.80 Å². The fraction of sp³-hybridized carbons (Fsp3) is 0.667. The second kappa shape index (κ2) is 5.78. The van der Waals surface area contributed by atoms with Gasteiger partial charge in [-0.1, -0.05) is 6.92 Å². The summed E-state index contributed by atoms with van der Waals surface area (Å²) >= 11 is 0. The number of hydrogen-bond donors (Lipinski definition) is 0. The lowest BCUT2D eigenvalue weighted by molar-refractivity contribution is 0.0767. The first-order chi connectivity index (χ1) is 11.2. The normalized spacial score (nSPS) is 26.3. The van der Waals surface area contributed by atoms with Crippen molar-refractivity contribution in [3.05, 3.63) is 24.0 Å². The molecule has 2 aliphatic rings. The summed E-state index contributed by atoms with van der Waals surface area (Å²) in [5.74, 6) is 1.21. The maximum atomic E-state index is 4.59. The van der Waals surface area contributed by atoms with Gasteiger partial charge in [0.15, 0.2) is 5.65 Å². The zero-order valence-corrected chi connectivity index (χ0v) is 14.3. The van der Waals surface area contributed by atoms with Gasteiger partial charge in [0.2, 0.25) is 0 Å². The zero-order chi connectivity index (χ0) is 15.9. The third kappa shape index (κ3) is 2.71. The number of nitrogens with zero attached hydrogens (tertiary/aromatic N) is 5. The second-order valence-corrected chi connectivity index (χ2v) is 7.35. The third-order valence-corrected chi connectivity index (χ3v) is 5.64. The van der Waals surface area contributed by atoms with Gasteiger partial charge >= 0.3 is 0 Å². The number of hydrogen-bond acceptors (Lipinski definition) is 4. The topological polar surface area (TPSA) is 36.7 Å². The van der Waals surface area contributed by atoms with Gasteiger partial charge in [-0.3, -0.25) is 0 Å². The molecule has 23 heavy (non-hydrogen) atoms. The van der Waals surface area contributed by atoms with E-state index < -0.39 is 0 Å². The van der Waals surface area contributed by atoms with E-state index in [4.69, 9.17) is 0 Å². The standard InChI is InChI=1S/C18H27N5/c1-3-21-10-4-7-18(13-21)8-5-11-22(14-18)17-12-15(2)20-16-6-9-19-23(16)17/h6,9,12H,3-5,7-8,10-11,13-14H2,1-2H3. The van der Waals surface area contributed by atoms with E-state index >= 15 is 0 Å². The van der Waals surface area contributed by atoms with Crippen molar-refractivity contribution in [1.82, 2.24) is 19.5 Å². The molecule has 4 rings (SSSR count). The Morgan fingerprint density at radius 3 is 2.83 bits per heavy atom. The Morgan fingerprint density at radius 2 is 2.00 bits per heavy atom. The number of aromatic nitrogens is 3. The number of likely N-dealkylation sites (tertiary alicyclic amines) is 1.